The lowest BCUT2D eigenvalue weighted by Crippen LogP contribution is -2.46. The maximum atomic E-state index is 12.9. The van der Waals surface area contributed by atoms with Crippen LogP contribution in [0.3, 0.4) is 0 Å². The fraction of sp³-hybridized carbons (Fsp3) is 0.286. The lowest BCUT2D eigenvalue weighted by Gasteiger charge is -2.31. The van der Waals surface area contributed by atoms with Crippen LogP contribution in [-0.2, 0) is 6.42 Å². The van der Waals surface area contributed by atoms with E-state index in [2.05, 4.69) is 29.5 Å². The fourth-order valence-electron chi connectivity index (χ4n) is 3.61. The van der Waals surface area contributed by atoms with E-state index in [0.29, 0.717) is 24.7 Å². The lowest BCUT2D eigenvalue weighted by atomic mass is 9.90. The molecular weight excluding hydrogens is 342 g/mol. The van der Waals surface area contributed by atoms with Crippen LogP contribution in [0.25, 0.3) is 5.69 Å². The van der Waals surface area contributed by atoms with Gasteiger partial charge in [-0.3, -0.25) is 4.79 Å². The quantitative estimate of drug-likeness (QED) is 0.666. The van der Waals surface area contributed by atoms with Crippen LogP contribution in [0.15, 0.2) is 65.2 Å². The molecule has 0 spiro atoms. The van der Waals surface area contributed by atoms with Gasteiger partial charge in [0.25, 0.3) is 0 Å². The molecule has 0 saturated carbocycles. The zero-order valence-electron chi connectivity index (χ0n) is 15.0. The Kier molecular flexibility index (Phi) is 4.87. The molecular formula is C21H21N3O3. The Bertz CT molecular complexity index is 901. The monoisotopic (exact) mass is 363 g/mol. The number of hydrogen-bond acceptors (Lipinski definition) is 4. The third-order valence-corrected chi connectivity index (χ3v) is 5.08. The highest BCUT2D eigenvalue weighted by Gasteiger charge is 2.33. The van der Waals surface area contributed by atoms with Crippen molar-refractivity contribution in [1.82, 2.24) is 10.2 Å². The summed E-state index contributed by atoms with van der Waals surface area (Å²) in [5.74, 6) is -0.467. The molecule has 0 radical (unpaired) electrons. The molecule has 1 aromatic heterocycles. The number of piperidine rings is 1. The summed E-state index contributed by atoms with van der Waals surface area (Å²) in [6, 6.07) is 19.5. The molecule has 6 heteroatoms. The molecule has 0 N–H and O–H groups in total. The molecule has 1 fully saturated rings. The molecule has 1 saturated heterocycles. The Morgan fingerprint density at radius 1 is 1.07 bits per heavy atom. The first-order valence-corrected chi connectivity index (χ1v) is 9.20. The summed E-state index contributed by atoms with van der Waals surface area (Å²) in [4.78, 5) is 14.7. The van der Waals surface area contributed by atoms with Gasteiger partial charge in [-0.1, -0.05) is 48.5 Å². The van der Waals surface area contributed by atoms with Crippen molar-refractivity contribution in [2.75, 3.05) is 13.1 Å². The van der Waals surface area contributed by atoms with E-state index in [4.69, 9.17) is 4.52 Å². The molecule has 0 bridgehead atoms. The van der Waals surface area contributed by atoms with E-state index in [1.807, 2.05) is 24.3 Å². The summed E-state index contributed by atoms with van der Waals surface area (Å²) in [6.45, 7) is 1.27. The van der Waals surface area contributed by atoms with Crippen molar-refractivity contribution in [1.29, 1.82) is 0 Å². The van der Waals surface area contributed by atoms with Crippen molar-refractivity contribution >= 4 is 5.91 Å². The van der Waals surface area contributed by atoms with Crippen molar-refractivity contribution in [3.63, 3.8) is 0 Å². The predicted molar refractivity (Wildman–Crippen MR) is 96.3 cm³/mol. The van der Waals surface area contributed by atoms with Gasteiger partial charge >= 0.3 is 11.6 Å². The van der Waals surface area contributed by atoms with Crippen molar-refractivity contribution in [2.45, 2.75) is 19.3 Å². The van der Waals surface area contributed by atoms with Gasteiger partial charge in [-0.05, 0) is 35.4 Å². The molecule has 6 nitrogen and oxygen atoms in total. The molecule has 138 valence electrons. The number of benzene rings is 2. The molecule has 27 heavy (non-hydrogen) atoms. The van der Waals surface area contributed by atoms with Gasteiger partial charge in [0.05, 0.1) is 5.27 Å². The minimum Gasteiger partial charge on any atom is -0.538 e. The van der Waals surface area contributed by atoms with Crippen LogP contribution >= 0.6 is 0 Å². The third-order valence-electron chi connectivity index (χ3n) is 5.08. The maximum Gasteiger partial charge on any atom is 0.327 e. The number of likely N-dealkylation sites (tertiary alicyclic amines) is 1. The number of aromatic nitrogens is 2. The Hall–Kier alpha value is -3.15. The molecule has 4 rings (SSSR count). The fourth-order valence-corrected chi connectivity index (χ4v) is 3.61. The maximum absolute atomic E-state index is 12.9. The first kappa shape index (κ1) is 17.3. The number of rotatable bonds is 4. The summed E-state index contributed by atoms with van der Waals surface area (Å²) in [6.07, 6.45) is 2.86. The van der Waals surface area contributed by atoms with E-state index in [9.17, 15) is 9.90 Å². The van der Waals surface area contributed by atoms with Gasteiger partial charge in [-0.15, -0.1) is 0 Å². The third kappa shape index (κ3) is 3.69. The molecule has 1 aliphatic rings. The van der Waals surface area contributed by atoms with Gasteiger partial charge in [0.15, 0.2) is 5.95 Å². The minimum absolute atomic E-state index is 0.0392. The summed E-state index contributed by atoms with van der Waals surface area (Å²) in [5.41, 5.74) is 1.92. The van der Waals surface area contributed by atoms with Crippen LogP contribution in [0.2, 0.25) is 0 Å². The number of carbonyl (C=O) groups excluding carboxylic acids is 1. The van der Waals surface area contributed by atoms with Crippen molar-refractivity contribution in [3.8, 4) is 11.6 Å². The second kappa shape index (κ2) is 7.61. The molecule has 2 aromatic carbocycles. The summed E-state index contributed by atoms with van der Waals surface area (Å²) >= 11 is 0. The Balaban J connectivity index is 1.45. The molecule has 0 aliphatic carbocycles. The second-order valence-corrected chi connectivity index (χ2v) is 6.88. The van der Waals surface area contributed by atoms with Gasteiger partial charge in [0.2, 0.25) is 5.69 Å². The van der Waals surface area contributed by atoms with E-state index in [1.165, 1.54) is 10.2 Å². The smallest absolute Gasteiger partial charge is 0.327 e. The van der Waals surface area contributed by atoms with Gasteiger partial charge in [0, 0.05) is 25.2 Å². The van der Waals surface area contributed by atoms with Gasteiger partial charge < -0.3 is 14.5 Å². The van der Waals surface area contributed by atoms with Gasteiger partial charge in [-0.25, -0.2) is 0 Å². The average Bonchev–Trinajstić information content (AvgIpc) is 3.11. The van der Waals surface area contributed by atoms with Crippen LogP contribution in [0, 0.1) is 5.92 Å². The van der Waals surface area contributed by atoms with Gasteiger partial charge in [0.1, 0.15) is 0 Å². The molecule has 1 amide bonds. The first-order chi connectivity index (χ1) is 13.2. The van der Waals surface area contributed by atoms with Crippen molar-refractivity contribution in [2.24, 2.45) is 5.92 Å². The second-order valence-electron chi connectivity index (χ2n) is 6.88. The topological polar surface area (TPSA) is 73.3 Å². The molecule has 2 heterocycles. The number of amides is 1. The predicted octanol–water partition coefficient (Wildman–Crippen LogP) is 2.12. The van der Waals surface area contributed by atoms with E-state index >= 15 is 0 Å². The molecule has 0 unspecified atom stereocenters. The summed E-state index contributed by atoms with van der Waals surface area (Å²) in [5, 5.41) is 15.9. The van der Waals surface area contributed by atoms with Crippen LogP contribution in [0.5, 0.6) is 5.95 Å². The molecule has 3 aromatic rings. The average molecular weight is 363 g/mol. The molecule has 0 atom stereocenters. The largest absolute Gasteiger partial charge is 0.538 e. The van der Waals surface area contributed by atoms with E-state index in [0.717, 1.165) is 19.3 Å². The van der Waals surface area contributed by atoms with E-state index < -0.39 is 5.95 Å². The number of nitrogens with zero attached hydrogens (tertiary/aromatic N) is 3. The number of para-hydroxylation sites is 1. The van der Waals surface area contributed by atoms with Crippen LogP contribution in [0.1, 0.15) is 28.9 Å². The first-order valence-electron chi connectivity index (χ1n) is 9.20. The zero-order valence-corrected chi connectivity index (χ0v) is 15.0. The Labute approximate surface area is 157 Å². The highest BCUT2D eigenvalue weighted by Crippen LogP contribution is 2.23. The van der Waals surface area contributed by atoms with E-state index in [1.54, 1.807) is 17.0 Å². The normalized spacial score (nSPS) is 15.0. The SMILES string of the molecule is O=C(c1c([O-])on[n+]1-c1ccccc1)N1CCC(Cc2ccccc2)CC1. The number of carbonyl (C=O) groups is 1. The van der Waals surface area contributed by atoms with Crippen LogP contribution in [-0.4, -0.2) is 29.2 Å². The van der Waals surface area contributed by atoms with Crippen molar-refractivity contribution in [3.05, 3.63) is 71.9 Å². The number of hydrogen-bond donors (Lipinski definition) is 0. The highest BCUT2D eigenvalue weighted by molar-refractivity contribution is 5.92. The van der Waals surface area contributed by atoms with Gasteiger partial charge in [-0.2, -0.15) is 0 Å². The standard InChI is InChI=1S/C21H21N3O3/c25-20(19-21(26)27-22-24(19)18-9-5-2-6-10-18)23-13-11-17(12-14-23)15-16-7-3-1-4-8-16/h1-10,17H,11-15H2. The van der Waals surface area contributed by atoms with Crippen LogP contribution < -0.4 is 9.79 Å². The Morgan fingerprint density at radius 3 is 2.37 bits per heavy atom. The van der Waals surface area contributed by atoms with E-state index in [-0.39, 0.29) is 11.6 Å². The molecule has 1 aliphatic heterocycles. The Morgan fingerprint density at radius 2 is 1.70 bits per heavy atom. The minimum atomic E-state index is -0.699. The highest BCUT2D eigenvalue weighted by atomic mass is 16.6. The lowest BCUT2D eigenvalue weighted by molar-refractivity contribution is -0.672. The zero-order chi connectivity index (χ0) is 18.6. The summed E-state index contributed by atoms with van der Waals surface area (Å²) < 4.78 is 6.06. The van der Waals surface area contributed by atoms with Crippen LogP contribution in [0.4, 0.5) is 0 Å². The van der Waals surface area contributed by atoms with Crippen molar-refractivity contribution < 1.29 is 19.1 Å². The summed E-state index contributed by atoms with van der Waals surface area (Å²) in [7, 11) is 0.